The molecule has 2 saturated carbocycles. The summed E-state index contributed by atoms with van der Waals surface area (Å²) in [7, 11) is 0. The van der Waals surface area contributed by atoms with E-state index in [0.717, 1.165) is 43.4 Å². The first-order chi connectivity index (χ1) is 13.0. The molecule has 0 radical (unpaired) electrons. The maximum absolute atomic E-state index is 12.8. The molecule has 1 saturated heterocycles. The Morgan fingerprint density at radius 2 is 1.96 bits per heavy atom. The minimum absolute atomic E-state index is 0.0426. The molecule has 0 spiro atoms. The van der Waals surface area contributed by atoms with Gasteiger partial charge in [0.1, 0.15) is 19.8 Å². The van der Waals surface area contributed by atoms with Gasteiger partial charge < -0.3 is 9.80 Å². The van der Waals surface area contributed by atoms with Crippen molar-refractivity contribution in [3.05, 3.63) is 28.8 Å². The van der Waals surface area contributed by atoms with Crippen molar-refractivity contribution in [3.8, 4) is 0 Å². The molecule has 1 heterocycles. The fourth-order valence-electron chi connectivity index (χ4n) is 3.72. The molecule has 0 atom stereocenters. The first-order valence-corrected chi connectivity index (χ1v) is 9.97. The lowest BCUT2D eigenvalue weighted by molar-refractivity contribution is -0.145. The van der Waals surface area contributed by atoms with Crippen molar-refractivity contribution in [2.75, 3.05) is 24.7 Å². The quantitative estimate of drug-likeness (QED) is 0.777. The van der Waals surface area contributed by atoms with E-state index in [1.165, 1.54) is 4.90 Å². The van der Waals surface area contributed by atoms with E-state index in [2.05, 4.69) is 0 Å². The van der Waals surface area contributed by atoms with Gasteiger partial charge in [-0.2, -0.15) is 0 Å². The summed E-state index contributed by atoms with van der Waals surface area (Å²) >= 11 is 6.17. The van der Waals surface area contributed by atoms with Crippen LogP contribution >= 0.6 is 11.6 Å². The maximum atomic E-state index is 12.8. The Hall–Kier alpha value is -2.08. The average molecular weight is 390 g/mol. The normalized spacial score (nSPS) is 20.0. The summed E-state index contributed by atoms with van der Waals surface area (Å²) in [6, 6.07) is 5.62. The van der Waals surface area contributed by atoms with Crippen molar-refractivity contribution in [3.63, 3.8) is 0 Å². The number of nitrogens with zero attached hydrogens (tertiary/aromatic N) is 3. The number of benzene rings is 1. The minimum Gasteiger partial charge on any atom is -0.330 e. The van der Waals surface area contributed by atoms with Gasteiger partial charge in [-0.25, -0.2) is 0 Å². The lowest BCUT2D eigenvalue weighted by atomic mass is 9.84. The summed E-state index contributed by atoms with van der Waals surface area (Å²) in [5.74, 6) is -0.0866. The zero-order valence-corrected chi connectivity index (χ0v) is 16.2. The van der Waals surface area contributed by atoms with Gasteiger partial charge in [-0.15, -0.1) is 0 Å². The number of hydrogen-bond donors (Lipinski definition) is 0. The summed E-state index contributed by atoms with van der Waals surface area (Å²) in [4.78, 5) is 42.8. The van der Waals surface area contributed by atoms with E-state index in [-0.39, 0.29) is 49.4 Å². The molecular weight excluding hydrogens is 366 g/mol. The minimum atomic E-state index is -0.162. The predicted molar refractivity (Wildman–Crippen MR) is 102 cm³/mol. The summed E-state index contributed by atoms with van der Waals surface area (Å²) < 4.78 is 0. The Labute approximate surface area is 164 Å². The molecule has 2 aliphatic carbocycles. The van der Waals surface area contributed by atoms with Crippen molar-refractivity contribution in [2.24, 2.45) is 5.92 Å². The molecular formula is C20H24ClN3O3. The van der Waals surface area contributed by atoms with Crippen molar-refractivity contribution in [1.82, 2.24) is 9.80 Å². The molecule has 7 heteroatoms. The van der Waals surface area contributed by atoms with Gasteiger partial charge in [0.25, 0.3) is 0 Å². The molecule has 6 nitrogen and oxygen atoms in total. The molecule has 0 bridgehead atoms. The molecule has 3 amide bonds. The highest BCUT2D eigenvalue weighted by atomic mass is 35.5. The number of anilines is 1. The molecule has 0 aromatic heterocycles. The fraction of sp³-hybridized carbons (Fsp3) is 0.550. The van der Waals surface area contributed by atoms with Crippen LogP contribution in [0.25, 0.3) is 0 Å². The number of carbonyl (C=O) groups excluding carboxylic acids is 3. The molecule has 3 fully saturated rings. The van der Waals surface area contributed by atoms with Crippen LogP contribution in [0, 0.1) is 12.8 Å². The Morgan fingerprint density at radius 3 is 2.59 bits per heavy atom. The first kappa shape index (κ1) is 18.3. The van der Waals surface area contributed by atoms with Crippen molar-refractivity contribution in [1.29, 1.82) is 0 Å². The fourth-order valence-corrected chi connectivity index (χ4v) is 3.89. The number of halogens is 1. The zero-order chi connectivity index (χ0) is 19.1. The Bertz CT molecular complexity index is 789. The molecule has 144 valence electrons. The van der Waals surface area contributed by atoms with Gasteiger partial charge in [-0.3, -0.25) is 19.3 Å². The topological polar surface area (TPSA) is 60.9 Å². The van der Waals surface area contributed by atoms with Crippen molar-refractivity contribution < 1.29 is 14.4 Å². The van der Waals surface area contributed by atoms with Crippen LogP contribution in [0.3, 0.4) is 0 Å². The lowest BCUT2D eigenvalue weighted by Crippen LogP contribution is -2.47. The Morgan fingerprint density at radius 1 is 1.22 bits per heavy atom. The molecule has 1 aromatic carbocycles. The second kappa shape index (κ2) is 7.15. The molecule has 27 heavy (non-hydrogen) atoms. The van der Waals surface area contributed by atoms with Crippen molar-refractivity contribution >= 4 is 35.0 Å². The van der Waals surface area contributed by atoms with Gasteiger partial charge in [0.05, 0.1) is 0 Å². The predicted octanol–water partition coefficient (Wildman–Crippen LogP) is 2.57. The van der Waals surface area contributed by atoms with Crippen LogP contribution in [0.15, 0.2) is 18.2 Å². The van der Waals surface area contributed by atoms with Gasteiger partial charge in [0.2, 0.25) is 17.7 Å². The average Bonchev–Trinajstić information content (AvgIpc) is 3.35. The van der Waals surface area contributed by atoms with Crippen LogP contribution in [-0.4, -0.2) is 53.3 Å². The van der Waals surface area contributed by atoms with Crippen LogP contribution in [0.5, 0.6) is 0 Å². The van der Waals surface area contributed by atoms with Crippen LogP contribution in [0.1, 0.15) is 37.7 Å². The Kier molecular flexibility index (Phi) is 4.84. The third kappa shape index (κ3) is 3.55. The second-order valence-electron chi connectivity index (χ2n) is 7.76. The highest BCUT2D eigenvalue weighted by Crippen LogP contribution is 2.34. The van der Waals surface area contributed by atoms with E-state index in [1.807, 2.05) is 13.0 Å². The number of amides is 3. The van der Waals surface area contributed by atoms with E-state index < -0.39 is 0 Å². The summed E-state index contributed by atoms with van der Waals surface area (Å²) in [6.45, 7) is 2.19. The lowest BCUT2D eigenvalue weighted by Gasteiger charge is -2.32. The van der Waals surface area contributed by atoms with E-state index in [4.69, 9.17) is 11.6 Å². The van der Waals surface area contributed by atoms with Gasteiger partial charge >= 0.3 is 0 Å². The van der Waals surface area contributed by atoms with Crippen molar-refractivity contribution in [2.45, 2.75) is 45.1 Å². The van der Waals surface area contributed by atoms with Gasteiger partial charge in [-0.05, 0) is 50.3 Å². The number of hydrogen-bond acceptors (Lipinski definition) is 3. The van der Waals surface area contributed by atoms with E-state index in [0.29, 0.717) is 5.02 Å². The smallest absolute Gasteiger partial charge is 0.248 e. The van der Waals surface area contributed by atoms with Crippen LogP contribution in [-0.2, 0) is 14.4 Å². The molecule has 1 aliphatic heterocycles. The van der Waals surface area contributed by atoms with E-state index in [1.54, 1.807) is 21.9 Å². The largest absolute Gasteiger partial charge is 0.330 e. The van der Waals surface area contributed by atoms with Gasteiger partial charge in [0.15, 0.2) is 0 Å². The monoisotopic (exact) mass is 389 g/mol. The van der Waals surface area contributed by atoms with Gasteiger partial charge in [-0.1, -0.05) is 24.1 Å². The third-order valence-corrected chi connectivity index (χ3v) is 6.26. The zero-order valence-electron chi connectivity index (χ0n) is 15.5. The second-order valence-corrected chi connectivity index (χ2v) is 8.17. The molecule has 1 aromatic rings. The third-order valence-electron chi connectivity index (χ3n) is 5.85. The number of carbonyl (C=O) groups is 3. The molecule has 0 unspecified atom stereocenters. The summed E-state index contributed by atoms with van der Waals surface area (Å²) in [5.41, 5.74) is 1.55. The standard InChI is InChI=1S/C20H24ClN3O3/c1-13-16(21)6-3-7-17(13)24-12-22(10-19(24)26)18(25)11-23(15-8-9-15)20(27)14-4-2-5-14/h3,6-7,14-15H,2,4-5,8-12H2,1H3. The SMILES string of the molecule is Cc1c(Cl)cccc1N1CN(C(=O)CN(C(=O)C2CCC2)C2CC2)CC1=O. The molecule has 0 N–H and O–H groups in total. The summed E-state index contributed by atoms with van der Waals surface area (Å²) in [5, 5.41) is 0.594. The molecule has 3 aliphatic rings. The number of rotatable bonds is 5. The van der Waals surface area contributed by atoms with Crippen LogP contribution in [0.2, 0.25) is 5.02 Å². The highest BCUT2D eigenvalue weighted by molar-refractivity contribution is 6.31. The highest BCUT2D eigenvalue weighted by Gasteiger charge is 2.40. The maximum Gasteiger partial charge on any atom is 0.248 e. The Balaban J connectivity index is 1.44. The van der Waals surface area contributed by atoms with E-state index >= 15 is 0 Å². The summed E-state index contributed by atoms with van der Waals surface area (Å²) in [6.07, 6.45) is 4.90. The van der Waals surface area contributed by atoms with Crippen LogP contribution < -0.4 is 4.90 Å². The van der Waals surface area contributed by atoms with E-state index in [9.17, 15) is 14.4 Å². The van der Waals surface area contributed by atoms with Crippen LogP contribution in [0.4, 0.5) is 5.69 Å². The van der Waals surface area contributed by atoms with Gasteiger partial charge in [0, 0.05) is 22.7 Å². The molecule has 4 rings (SSSR count). The first-order valence-electron chi connectivity index (χ1n) is 9.59.